The number of aryl methyl sites for hydroxylation is 5. The van der Waals surface area contributed by atoms with Gasteiger partial charge in [-0.3, -0.25) is 41.8 Å². The highest BCUT2D eigenvalue weighted by Crippen LogP contribution is 2.43. The number of anilines is 4. The number of carbonyl (C=O) groups is 4. The number of halogens is 16. The van der Waals surface area contributed by atoms with Crippen molar-refractivity contribution in [2.24, 2.45) is 0 Å². The molecular weight excluding hydrogens is 1910 g/mol. The standard InChI is InChI=1S/C29H20F5N3O2.C28H18F5N3O.C28H21F2N3O.C27H18F4N4O/c1-16-7-10-18(11-8-16)35-28(39)21-14-17(9-12-22(21)29(32,33)34)19-5-3-13-37-26(24(15-38)36-27(19)37)20-4-2-6-23(30)25(20)31;1-16-7-10-18(11-8-16)35-27(37)21-14-17(9-12-22(21)28(31,32)33)19-5-3-13-36-24(15-34-26(19)36)20-4-2-6-23(29)25(20)30;1-17-8-12-20(13-9-17)32-28(34)23-15-19(11-10-18(23)2)21-6-4-14-33-25(16-31-27(21)33)22-5-3-7-24(29)26(22)30;1-16-4-7-20(8-5-16)34-26(36)22-12-17(6-9-23(22)27(29,30)31)21-3-2-10-35-24(15-33-25(21)35)18-11-19(28)14-32-13-18/h2-14,38H,15H2,1H3,(H,35,39);2-15H,1H3,(H,35,37);3-16H,1-2H3,(H,32,34);2-15H,1H3,(H,34,36). The molecule has 0 spiro atoms. The molecule has 20 rings (SSSR count). The molecule has 11 aromatic carbocycles. The van der Waals surface area contributed by atoms with Crippen LogP contribution in [0.15, 0.2) is 335 Å². The van der Waals surface area contributed by atoms with E-state index in [1.165, 1.54) is 107 Å². The van der Waals surface area contributed by atoms with Crippen molar-refractivity contribution in [1.29, 1.82) is 0 Å². The third-order valence-electron chi connectivity index (χ3n) is 23.8. The van der Waals surface area contributed by atoms with Gasteiger partial charge in [0.05, 0.1) is 93.2 Å². The van der Waals surface area contributed by atoms with Gasteiger partial charge in [-0.1, -0.05) is 119 Å². The minimum Gasteiger partial charge on any atom is -0.390 e. The molecule has 0 saturated heterocycles. The van der Waals surface area contributed by atoms with Gasteiger partial charge in [0.2, 0.25) is 0 Å². The first kappa shape index (κ1) is 99.6. The smallest absolute Gasteiger partial charge is 0.390 e. The Morgan fingerprint density at radius 2 is 0.603 bits per heavy atom. The third kappa shape index (κ3) is 21.2. The van der Waals surface area contributed by atoms with Crippen LogP contribution in [0.2, 0.25) is 0 Å². The Kier molecular flexibility index (Phi) is 28.2. The number of nitrogens with zero attached hydrogens (tertiary/aromatic N) is 9. The van der Waals surface area contributed by atoms with Crippen LogP contribution in [0.4, 0.5) is 93.0 Å². The Morgan fingerprint density at radius 3 is 0.952 bits per heavy atom. The maximum absolute atomic E-state index is 14.7. The summed E-state index contributed by atoms with van der Waals surface area (Å²) in [5.41, 5.74) is 9.17. The highest BCUT2D eigenvalue weighted by Gasteiger charge is 2.39. The summed E-state index contributed by atoms with van der Waals surface area (Å²) in [6, 6.07) is 69.2. The average molecular weight is 1990 g/mol. The van der Waals surface area contributed by atoms with E-state index < -0.39 is 117 Å². The predicted octanol–water partition coefficient (Wildman–Crippen LogP) is 28.1. The number of benzene rings is 11. The van der Waals surface area contributed by atoms with Crippen molar-refractivity contribution >= 4 is 69.0 Å². The topological polar surface area (TPSA) is 219 Å². The lowest BCUT2D eigenvalue weighted by Crippen LogP contribution is -2.19. The molecule has 0 aliphatic heterocycles. The maximum Gasteiger partial charge on any atom is 0.417 e. The van der Waals surface area contributed by atoms with E-state index in [9.17, 15) is 94.5 Å². The van der Waals surface area contributed by atoms with Crippen LogP contribution >= 0.6 is 0 Å². The number of pyridine rings is 5. The Labute approximate surface area is 820 Å². The maximum atomic E-state index is 14.7. The number of hydrogen-bond donors (Lipinski definition) is 5. The molecule has 0 unspecified atom stereocenters. The van der Waals surface area contributed by atoms with Gasteiger partial charge in [0, 0.05) is 104 Å². The van der Waals surface area contributed by atoms with Crippen LogP contribution in [0.25, 0.3) is 112 Å². The molecule has 146 heavy (non-hydrogen) atoms. The molecule has 18 nitrogen and oxygen atoms in total. The van der Waals surface area contributed by atoms with Gasteiger partial charge < -0.3 is 26.4 Å². The number of amides is 4. The lowest BCUT2D eigenvalue weighted by atomic mass is 9.98. The number of aliphatic hydroxyl groups is 1. The molecule has 0 bridgehead atoms. The molecule has 9 heterocycles. The van der Waals surface area contributed by atoms with Gasteiger partial charge >= 0.3 is 18.5 Å². The third-order valence-corrected chi connectivity index (χ3v) is 23.8. The van der Waals surface area contributed by atoms with Crippen molar-refractivity contribution in [3.63, 3.8) is 0 Å². The number of fused-ring (bicyclic) bond motifs is 4. The number of hydrogen-bond acceptors (Lipinski definition) is 10. The Balaban J connectivity index is 0.000000133. The van der Waals surface area contributed by atoms with Gasteiger partial charge in [0.25, 0.3) is 23.6 Å². The van der Waals surface area contributed by atoms with Crippen molar-refractivity contribution in [1.82, 2.24) is 42.5 Å². The molecular formula is C112H77F16N13O5. The number of rotatable bonds is 17. The molecule has 20 aromatic rings. The fourth-order valence-corrected chi connectivity index (χ4v) is 16.5. The first-order chi connectivity index (χ1) is 69.8. The Hall–Kier alpha value is -18.0. The second-order valence-corrected chi connectivity index (χ2v) is 33.7. The van der Waals surface area contributed by atoms with Crippen molar-refractivity contribution in [3.05, 3.63) is 448 Å². The fraction of sp³-hybridized carbons (Fsp3) is 0.0804. The van der Waals surface area contributed by atoms with E-state index in [1.54, 1.807) is 137 Å². The van der Waals surface area contributed by atoms with Gasteiger partial charge in [0.15, 0.2) is 34.9 Å². The molecule has 9 aromatic heterocycles. The lowest BCUT2D eigenvalue weighted by molar-refractivity contribution is -0.138. The second kappa shape index (κ2) is 41.3. The zero-order chi connectivity index (χ0) is 103. The minimum atomic E-state index is -4.80. The van der Waals surface area contributed by atoms with Crippen LogP contribution in [-0.2, 0) is 25.1 Å². The summed E-state index contributed by atoms with van der Waals surface area (Å²) in [4.78, 5) is 73.4. The summed E-state index contributed by atoms with van der Waals surface area (Å²) in [5.74, 6) is -9.58. The molecule has 0 saturated carbocycles. The van der Waals surface area contributed by atoms with Gasteiger partial charge in [0.1, 0.15) is 28.4 Å². The summed E-state index contributed by atoms with van der Waals surface area (Å²) < 4.78 is 229. The van der Waals surface area contributed by atoms with Crippen molar-refractivity contribution < 1.29 is 94.5 Å². The molecule has 0 fully saturated rings. The molecule has 5 N–H and O–H groups in total. The quantitative estimate of drug-likeness (QED) is 0.0543. The summed E-state index contributed by atoms with van der Waals surface area (Å²) in [7, 11) is 0. The fourth-order valence-electron chi connectivity index (χ4n) is 16.5. The van der Waals surface area contributed by atoms with Crippen LogP contribution in [0.5, 0.6) is 0 Å². The molecule has 0 radical (unpaired) electrons. The monoisotopic (exact) mass is 1990 g/mol. The SMILES string of the molecule is Cc1ccc(NC(=O)c2cc(-c3cccn4c(-c5cccc(F)c5F)c(CO)nc34)ccc2C(F)(F)F)cc1.Cc1ccc(NC(=O)c2cc(-c3cccn4c(-c5cccc(F)c5F)cnc34)ccc2C(F)(F)F)cc1.Cc1ccc(NC(=O)c2cc(-c3cccn4c(-c5cccc(F)c5F)cnc34)ccc2C)cc1.Cc1ccc(NC(=O)c2cc(-c3cccn4c(-c5cncc(F)c5)cnc34)ccc2C(F)(F)F)cc1. The van der Waals surface area contributed by atoms with Crippen LogP contribution in [0.3, 0.4) is 0 Å². The van der Waals surface area contributed by atoms with Crippen LogP contribution in [-0.4, -0.2) is 71.3 Å². The van der Waals surface area contributed by atoms with E-state index in [2.05, 4.69) is 46.2 Å². The average Bonchev–Trinajstić information content (AvgIpc) is 1.59. The normalized spacial score (nSPS) is 11.5. The summed E-state index contributed by atoms with van der Waals surface area (Å²) in [6.07, 6.45) is -0.744. The summed E-state index contributed by atoms with van der Waals surface area (Å²) >= 11 is 0. The van der Waals surface area contributed by atoms with Gasteiger partial charge in [-0.25, -0.2) is 50.7 Å². The van der Waals surface area contributed by atoms with E-state index in [4.69, 9.17) is 0 Å². The van der Waals surface area contributed by atoms with Crippen LogP contribution < -0.4 is 21.3 Å². The van der Waals surface area contributed by atoms with Crippen molar-refractivity contribution in [2.45, 2.75) is 59.8 Å². The molecule has 34 heteroatoms. The zero-order valence-electron chi connectivity index (χ0n) is 77.1. The number of imidazole rings is 4. The second-order valence-electron chi connectivity index (χ2n) is 33.7. The number of aliphatic hydroxyl groups excluding tert-OH is 1. The molecule has 732 valence electrons. The van der Waals surface area contributed by atoms with Gasteiger partial charge in [-0.15, -0.1) is 0 Å². The number of carbonyl (C=O) groups excluding carboxylic acids is 4. The summed E-state index contributed by atoms with van der Waals surface area (Å²) in [5, 5.41) is 20.4. The molecule has 0 aliphatic rings. The number of alkyl halides is 9. The van der Waals surface area contributed by atoms with E-state index in [1.807, 2.05) is 89.2 Å². The molecule has 4 amide bonds. The Bertz CT molecular complexity index is 8430. The van der Waals surface area contributed by atoms with Gasteiger partial charge in [-0.2, -0.15) is 39.5 Å². The van der Waals surface area contributed by atoms with E-state index in [0.717, 1.165) is 99.4 Å². The predicted molar refractivity (Wildman–Crippen MR) is 524 cm³/mol. The van der Waals surface area contributed by atoms with Crippen LogP contribution in [0, 0.1) is 75.3 Å². The zero-order valence-corrected chi connectivity index (χ0v) is 77.1. The highest BCUT2D eigenvalue weighted by atomic mass is 19.4. The van der Waals surface area contributed by atoms with E-state index in [-0.39, 0.29) is 50.9 Å². The van der Waals surface area contributed by atoms with Crippen molar-refractivity contribution in [3.8, 4) is 89.5 Å². The Morgan fingerprint density at radius 1 is 0.301 bits per heavy atom. The first-order valence-electron chi connectivity index (χ1n) is 44.6. The van der Waals surface area contributed by atoms with E-state index >= 15 is 0 Å². The highest BCUT2D eigenvalue weighted by molar-refractivity contribution is 6.09. The largest absolute Gasteiger partial charge is 0.417 e. The number of nitrogens with one attached hydrogen (secondary N) is 4. The van der Waals surface area contributed by atoms with E-state index in [0.29, 0.717) is 84.3 Å². The minimum absolute atomic E-state index is 0.0183. The number of aromatic nitrogens is 9. The lowest BCUT2D eigenvalue weighted by Gasteiger charge is -2.15. The molecule has 0 aliphatic carbocycles. The first-order valence-corrected chi connectivity index (χ1v) is 44.6. The summed E-state index contributed by atoms with van der Waals surface area (Å²) in [6.45, 7) is 8.82. The van der Waals surface area contributed by atoms with Gasteiger partial charge in [-0.05, 0) is 244 Å². The van der Waals surface area contributed by atoms with Crippen molar-refractivity contribution in [2.75, 3.05) is 21.3 Å². The van der Waals surface area contributed by atoms with Crippen LogP contribution in [0.1, 0.15) is 91.6 Å². The molecule has 0 atom stereocenters.